The van der Waals surface area contributed by atoms with Crippen molar-refractivity contribution in [3.05, 3.63) is 11.4 Å². The molecule has 13 heavy (non-hydrogen) atoms. The van der Waals surface area contributed by atoms with Gasteiger partial charge in [-0.3, -0.25) is 0 Å². The molecule has 0 amide bonds. The fourth-order valence-electron chi connectivity index (χ4n) is 2.08. The van der Waals surface area contributed by atoms with E-state index in [2.05, 4.69) is 10.3 Å². The zero-order chi connectivity index (χ0) is 9.26. The highest BCUT2D eigenvalue weighted by Crippen LogP contribution is 2.29. The highest BCUT2D eigenvalue weighted by molar-refractivity contribution is 5.08. The molecule has 2 N–H and O–H groups in total. The summed E-state index contributed by atoms with van der Waals surface area (Å²) in [6.07, 6.45) is 5.09. The summed E-state index contributed by atoms with van der Waals surface area (Å²) in [5, 5.41) is 8.22. The van der Waals surface area contributed by atoms with Crippen molar-refractivity contribution in [2.45, 2.75) is 45.2 Å². The molecule has 4 nitrogen and oxygen atoms in total. The van der Waals surface area contributed by atoms with Crippen LogP contribution < -0.4 is 5.73 Å². The minimum absolute atomic E-state index is 0.551. The van der Waals surface area contributed by atoms with Crippen LogP contribution >= 0.6 is 0 Å². The summed E-state index contributed by atoms with van der Waals surface area (Å²) in [5.74, 6) is 0. The lowest BCUT2D eigenvalue weighted by atomic mass is 10.2. The van der Waals surface area contributed by atoms with E-state index in [1.807, 2.05) is 11.6 Å². The number of nitrogens with zero attached hydrogens (tertiary/aromatic N) is 3. The second kappa shape index (κ2) is 3.46. The molecule has 0 aromatic carbocycles. The Kier molecular flexibility index (Phi) is 2.31. The maximum Gasteiger partial charge on any atom is 0.0841 e. The van der Waals surface area contributed by atoms with Crippen LogP contribution in [0.15, 0.2) is 0 Å². The first-order valence-corrected chi connectivity index (χ1v) is 4.93. The van der Waals surface area contributed by atoms with Crippen molar-refractivity contribution in [3.8, 4) is 0 Å². The molecule has 2 rings (SSSR count). The van der Waals surface area contributed by atoms with Crippen LogP contribution in [0.25, 0.3) is 0 Å². The average molecular weight is 180 g/mol. The third kappa shape index (κ3) is 1.46. The Hall–Kier alpha value is -0.900. The van der Waals surface area contributed by atoms with Gasteiger partial charge in [-0.2, -0.15) is 0 Å². The van der Waals surface area contributed by atoms with Crippen molar-refractivity contribution in [1.29, 1.82) is 0 Å². The number of aromatic nitrogens is 3. The third-order valence-corrected chi connectivity index (χ3v) is 2.85. The third-order valence-electron chi connectivity index (χ3n) is 2.85. The molecule has 0 spiro atoms. The first-order valence-electron chi connectivity index (χ1n) is 4.93. The molecule has 4 heteroatoms. The monoisotopic (exact) mass is 180 g/mol. The van der Waals surface area contributed by atoms with Gasteiger partial charge in [-0.15, -0.1) is 5.10 Å². The predicted molar refractivity (Wildman–Crippen MR) is 50.2 cm³/mol. The lowest BCUT2D eigenvalue weighted by Gasteiger charge is -2.11. The van der Waals surface area contributed by atoms with Crippen LogP contribution in [-0.2, 0) is 6.54 Å². The Morgan fingerprint density at radius 3 is 2.77 bits per heavy atom. The first-order chi connectivity index (χ1) is 6.33. The molecule has 1 aliphatic rings. The van der Waals surface area contributed by atoms with E-state index < -0.39 is 0 Å². The molecule has 0 aliphatic heterocycles. The van der Waals surface area contributed by atoms with Gasteiger partial charge in [0, 0.05) is 6.54 Å². The average Bonchev–Trinajstić information content (AvgIpc) is 2.71. The number of rotatable bonds is 2. The summed E-state index contributed by atoms with van der Waals surface area (Å²) in [5.41, 5.74) is 7.75. The lowest BCUT2D eigenvalue weighted by molar-refractivity contribution is 0.439. The van der Waals surface area contributed by atoms with E-state index in [1.165, 1.54) is 25.7 Å². The topological polar surface area (TPSA) is 56.7 Å². The smallest absolute Gasteiger partial charge is 0.0841 e. The Bertz CT molecular complexity index is 286. The molecule has 0 saturated heterocycles. The molecule has 0 radical (unpaired) electrons. The first kappa shape index (κ1) is 8.69. The van der Waals surface area contributed by atoms with E-state index in [9.17, 15) is 0 Å². The standard InChI is InChI=1S/C9H16N4/c1-7-9(6-10)13(12-11-7)8-4-2-3-5-8/h8H,2-6,10H2,1H3. The maximum absolute atomic E-state index is 5.66. The van der Waals surface area contributed by atoms with Gasteiger partial charge in [0.2, 0.25) is 0 Å². The minimum atomic E-state index is 0.551. The molecular weight excluding hydrogens is 164 g/mol. The van der Waals surface area contributed by atoms with Gasteiger partial charge in [0.1, 0.15) is 0 Å². The molecular formula is C9H16N4. The minimum Gasteiger partial charge on any atom is -0.325 e. The van der Waals surface area contributed by atoms with E-state index in [0.717, 1.165) is 11.4 Å². The van der Waals surface area contributed by atoms with Gasteiger partial charge in [0.15, 0.2) is 0 Å². The fourth-order valence-corrected chi connectivity index (χ4v) is 2.08. The highest BCUT2D eigenvalue weighted by atomic mass is 15.4. The lowest BCUT2D eigenvalue weighted by Crippen LogP contribution is -2.13. The normalized spacial score (nSPS) is 18.3. The second-order valence-corrected chi connectivity index (χ2v) is 3.71. The van der Waals surface area contributed by atoms with E-state index in [-0.39, 0.29) is 0 Å². The van der Waals surface area contributed by atoms with E-state index in [4.69, 9.17) is 5.73 Å². The van der Waals surface area contributed by atoms with Crippen LogP contribution in [0.3, 0.4) is 0 Å². The summed E-state index contributed by atoms with van der Waals surface area (Å²) in [6, 6.07) is 0.555. The number of aryl methyl sites for hydroxylation is 1. The number of hydrogen-bond acceptors (Lipinski definition) is 3. The second-order valence-electron chi connectivity index (χ2n) is 3.71. The molecule has 1 saturated carbocycles. The summed E-state index contributed by atoms with van der Waals surface area (Å²) in [4.78, 5) is 0. The zero-order valence-corrected chi connectivity index (χ0v) is 8.03. The summed E-state index contributed by atoms with van der Waals surface area (Å²) >= 11 is 0. The largest absolute Gasteiger partial charge is 0.325 e. The molecule has 1 heterocycles. The molecule has 1 aromatic heterocycles. The summed E-state index contributed by atoms with van der Waals surface area (Å²) in [7, 11) is 0. The van der Waals surface area contributed by atoms with Crippen molar-refractivity contribution in [3.63, 3.8) is 0 Å². The molecule has 1 fully saturated rings. The van der Waals surface area contributed by atoms with Crippen LogP contribution in [0.5, 0.6) is 0 Å². The zero-order valence-electron chi connectivity index (χ0n) is 8.03. The molecule has 0 unspecified atom stereocenters. The van der Waals surface area contributed by atoms with Crippen molar-refractivity contribution >= 4 is 0 Å². The molecule has 1 aromatic rings. The van der Waals surface area contributed by atoms with Crippen LogP contribution in [0.4, 0.5) is 0 Å². The Morgan fingerprint density at radius 2 is 2.15 bits per heavy atom. The fraction of sp³-hybridized carbons (Fsp3) is 0.778. The molecule has 0 bridgehead atoms. The Morgan fingerprint density at radius 1 is 1.46 bits per heavy atom. The van der Waals surface area contributed by atoms with Crippen molar-refractivity contribution in [2.24, 2.45) is 5.73 Å². The maximum atomic E-state index is 5.66. The molecule has 0 atom stereocenters. The quantitative estimate of drug-likeness (QED) is 0.743. The highest BCUT2D eigenvalue weighted by Gasteiger charge is 2.21. The molecule has 72 valence electrons. The van der Waals surface area contributed by atoms with E-state index in [1.54, 1.807) is 0 Å². The van der Waals surface area contributed by atoms with Crippen LogP contribution in [-0.4, -0.2) is 15.0 Å². The van der Waals surface area contributed by atoms with Gasteiger partial charge in [0.25, 0.3) is 0 Å². The predicted octanol–water partition coefficient (Wildman–Crippen LogP) is 1.16. The van der Waals surface area contributed by atoms with Crippen LogP contribution in [0, 0.1) is 6.92 Å². The van der Waals surface area contributed by atoms with Gasteiger partial charge in [-0.1, -0.05) is 18.1 Å². The van der Waals surface area contributed by atoms with Gasteiger partial charge >= 0.3 is 0 Å². The number of hydrogen-bond donors (Lipinski definition) is 1. The van der Waals surface area contributed by atoms with Crippen molar-refractivity contribution in [1.82, 2.24) is 15.0 Å². The van der Waals surface area contributed by atoms with Gasteiger partial charge in [-0.05, 0) is 19.8 Å². The van der Waals surface area contributed by atoms with Crippen LogP contribution in [0.1, 0.15) is 43.1 Å². The van der Waals surface area contributed by atoms with Gasteiger partial charge in [-0.25, -0.2) is 4.68 Å². The molecule has 1 aliphatic carbocycles. The summed E-state index contributed by atoms with van der Waals surface area (Å²) < 4.78 is 2.03. The Labute approximate surface area is 78.1 Å². The van der Waals surface area contributed by atoms with Crippen molar-refractivity contribution in [2.75, 3.05) is 0 Å². The van der Waals surface area contributed by atoms with Crippen LogP contribution in [0.2, 0.25) is 0 Å². The van der Waals surface area contributed by atoms with Crippen molar-refractivity contribution < 1.29 is 0 Å². The number of nitrogens with two attached hydrogens (primary N) is 1. The summed E-state index contributed by atoms with van der Waals surface area (Å²) in [6.45, 7) is 2.52. The van der Waals surface area contributed by atoms with Gasteiger partial charge in [0.05, 0.1) is 17.4 Å². The SMILES string of the molecule is Cc1nnn(C2CCCC2)c1CN. The van der Waals surface area contributed by atoms with E-state index in [0.29, 0.717) is 12.6 Å². The van der Waals surface area contributed by atoms with E-state index >= 15 is 0 Å². The Balaban J connectivity index is 2.27. The van der Waals surface area contributed by atoms with Gasteiger partial charge < -0.3 is 5.73 Å².